The molecule has 6 rings (SSSR count). The monoisotopic (exact) mass is 588 g/mol. The number of benzene rings is 3. The van der Waals surface area contributed by atoms with E-state index in [4.69, 9.17) is 26.8 Å². The fraction of sp³-hybridized carbons (Fsp3) is 0.364. The number of nitrogens with zero attached hydrogens (tertiary/aromatic N) is 3. The summed E-state index contributed by atoms with van der Waals surface area (Å²) in [5.41, 5.74) is 9.71. The highest BCUT2D eigenvalue weighted by Crippen LogP contribution is 2.38. The van der Waals surface area contributed by atoms with Gasteiger partial charge in [0.2, 0.25) is 5.78 Å². The van der Waals surface area contributed by atoms with Gasteiger partial charge in [0.05, 0.1) is 37.0 Å². The summed E-state index contributed by atoms with van der Waals surface area (Å²) in [6.45, 7) is 3.69. The van der Waals surface area contributed by atoms with E-state index in [0.29, 0.717) is 28.1 Å². The van der Waals surface area contributed by atoms with Gasteiger partial charge in [-0.1, -0.05) is 41.9 Å². The largest absolute Gasteiger partial charge is 0.493 e. The third-order valence-electron chi connectivity index (χ3n) is 7.82. The average molecular weight is 589 g/mol. The fourth-order valence-corrected chi connectivity index (χ4v) is 5.74. The molecule has 3 aromatic carbocycles. The third-order valence-corrected chi connectivity index (χ3v) is 8.11. The van der Waals surface area contributed by atoms with Gasteiger partial charge in [0.25, 0.3) is 5.91 Å². The molecule has 9 heteroatoms. The van der Waals surface area contributed by atoms with Crippen molar-refractivity contribution in [3.63, 3.8) is 0 Å². The van der Waals surface area contributed by atoms with Crippen molar-refractivity contribution in [2.75, 3.05) is 33.9 Å². The zero-order chi connectivity index (χ0) is 29.6. The molecule has 2 aliphatic rings. The van der Waals surface area contributed by atoms with Crippen molar-refractivity contribution in [1.29, 1.82) is 0 Å². The van der Waals surface area contributed by atoms with Crippen molar-refractivity contribution >= 4 is 34.2 Å². The van der Waals surface area contributed by atoms with Gasteiger partial charge in [0.15, 0.2) is 11.5 Å². The number of carbonyl (C=O) groups is 2. The van der Waals surface area contributed by atoms with Gasteiger partial charge in [-0.25, -0.2) is 0 Å². The van der Waals surface area contributed by atoms with E-state index >= 15 is 0 Å². The number of hydrogen-bond acceptors (Lipinski definition) is 6. The number of Topliss-reactive ketones (excluding diaryl/α,β-unsaturated/α-hetero) is 1. The summed E-state index contributed by atoms with van der Waals surface area (Å²) < 4.78 is 12.7. The van der Waals surface area contributed by atoms with Crippen LogP contribution in [0.3, 0.4) is 0 Å². The third kappa shape index (κ3) is 6.94. The van der Waals surface area contributed by atoms with Crippen LogP contribution in [0, 0.1) is 0 Å². The van der Waals surface area contributed by atoms with E-state index in [1.807, 2.05) is 36.5 Å². The van der Waals surface area contributed by atoms with Gasteiger partial charge in [-0.15, -0.1) is 0 Å². The summed E-state index contributed by atoms with van der Waals surface area (Å²) in [6, 6.07) is 17.7. The molecule has 0 bridgehead atoms. The lowest BCUT2D eigenvalue weighted by molar-refractivity contribution is -0.114. The molecule has 2 heterocycles. The Kier molecular flexibility index (Phi) is 9.45. The number of primary amides is 1. The van der Waals surface area contributed by atoms with Crippen molar-refractivity contribution in [1.82, 2.24) is 14.7 Å². The summed E-state index contributed by atoms with van der Waals surface area (Å²) >= 11 is 6.20. The first-order valence-electron chi connectivity index (χ1n) is 14.4. The molecular weight excluding hydrogens is 552 g/mol. The Bertz CT molecular complexity index is 1560. The van der Waals surface area contributed by atoms with Crippen molar-refractivity contribution in [3.8, 4) is 22.6 Å². The Labute approximate surface area is 251 Å². The number of fused-ring (bicyclic) bond motifs is 1. The number of likely N-dealkylation sites (tertiary alicyclic amines) is 1. The normalized spacial score (nSPS) is 14.8. The summed E-state index contributed by atoms with van der Waals surface area (Å²) in [5, 5.41) is 6.20. The number of nitrogens with two attached hydrogens (primary N) is 1. The minimum Gasteiger partial charge on any atom is -0.493 e. The molecule has 2 fully saturated rings. The van der Waals surface area contributed by atoms with E-state index in [1.165, 1.54) is 50.9 Å². The fourth-order valence-electron chi connectivity index (χ4n) is 5.43. The van der Waals surface area contributed by atoms with Crippen LogP contribution in [0.25, 0.3) is 22.0 Å². The molecule has 1 aliphatic carbocycles. The maximum absolute atomic E-state index is 11.6. The van der Waals surface area contributed by atoms with E-state index in [0.717, 1.165) is 34.9 Å². The molecule has 42 heavy (non-hydrogen) atoms. The van der Waals surface area contributed by atoms with Gasteiger partial charge >= 0.3 is 0 Å². The maximum Gasteiger partial charge on any atom is 0.289 e. The summed E-state index contributed by atoms with van der Waals surface area (Å²) in [5.74, 6) is -0.275. The molecule has 0 unspecified atom stereocenters. The highest BCUT2D eigenvalue weighted by Gasteiger charge is 2.25. The molecule has 1 aromatic heterocycles. The number of carbonyl (C=O) groups excluding carboxylic acids is 2. The highest BCUT2D eigenvalue weighted by molar-refractivity contribution is 6.42. The van der Waals surface area contributed by atoms with Crippen LogP contribution >= 0.6 is 11.6 Å². The topological polar surface area (TPSA) is 99.7 Å². The molecule has 0 atom stereocenters. The van der Waals surface area contributed by atoms with E-state index in [2.05, 4.69) is 26.8 Å². The highest BCUT2D eigenvalue weighted by atomic mass is 35.5. The van der Waals surface area contributed by atoms with E-state index in [-0.39, 0.29) is 0 Å². The van der Waals surface area contributed by atoms with Gasteiger partial charge in [0, 0.05) is 10.9 Å². The Morgan fingerprint density at radius 1 is 0.976 bits per heavy atom. The van der Waals surface area contributed by atoms with Crippen molar-refractivity contribution in [3.05, 3.63) is 76.9 Å². The number of amides is 1. The van der Waals surface area contributed by atoms with E-state index in [1.54, 1.807) is 26.4 Å². The number of aromatic nitrogens is 2. The lowest BCUT2D eigenvalue weighted by atomic mass is 10.0. The van der Waals surface area contributed by atoms with Crippen LogP contribution in [0.2, 0.25) is 5.02 Å². The van der Waals surface area contributed by atoms with Gasteiger partial charge in [-0.3, -0.25) is 14.3 Å². The molecule has 1 saturated carbocycles. The Balaban J connectivity index is 0.000000172. The summed E-state index contributed by atoms with van der Waals surface area (Å²) in [7, 11) is 3.25. The number of ether oxygens (including phenoxy) is 2. The second-order valence-corrected chi connectivity index (χ2v) is 11.2. The number of rotatable bonds is 10. The maximum atomic E-state index is 11.6. The molecule has 0 radical (unpaired) electrons. The summed E-state index contributed by atoms with van der Waals surface area (Å²) in [4.78, 5) is 25.0. The van der Waals surface area contributed by atoms with E-state index < -0.39 is 11.7 Å². The average Bonchev–Trinajstić information content (AvgIpc) is 3.54. The van der Waals surface area contributed by atoms with Crippen molar-refractivity contribution < 1.29 is 19.1 Å². The number of methoxy groups -OCH3 is 2. The zero-order valence-corrected chi connectivity index (χ0v) is 24.9. The summed E-state index contributed by atoms with van der Waals surface area (Å²) in [6.07, 6.45) is 9.18. The Morgan fingerprint density at radius 3 is 2.33 bits per heavy atom. The van der Waals surface area contributed by atoms with Crippen LogP contribution < -0.4 is 15.2 Å². The van der Waals surface area contributed by atoms with Crippen LogP contribution in [0.15, 0.2) is 60.8 Å². The van der Waals surface area contributed by atoms with Crippen LogP contribution in [0.1, 0.15) is 54.1 Å². The van der Waals surface area contributed by atoms with Gasteiger partial charge < -0.3 is 20.1 Å². The molecule has 1 amide bonds. The van der Waals surface area contributed by atoms with Crippen LogP contribution in [0.4, 0.5) is 0 Å². The number of aryl methyl sites for hydroxylation is 1. The smallest absolute Gasteiger partial charge is 0.289 e. The Hall–Kier alpha value is -3.88. The van der Waals surface area contributed by atoms with Crippen LogP contribution in [0.5, 0.6) is 11.5 Å². The van der Waals surface area contributed by atoms with Crippen LogP contribution in [-0.4, -0.2) is 60.2 Å². The second-order valence-electron chi connectivity index (χ2n) is 10.8. The van der Waals surface area contributed by atoms with Crippen LogP contribution in [-0.2, 0) is 11.2 Å². The molecule has 8 nitrogen and oxygen atoms in total. The van der Waals surface area contributed by atoms with Crippen molar-refractivity contribution in [2.45, 2.75) is 44.6 Å². The molecule has 1 saturated heterocycles. The zero-order valence-electron chi connectivity index (χ0n) is 24.1. The van der Waals surface area contributed by atoms with Gasteiger partial charge in [-0.2, -0.15) is 5.10 Å². The molecule has 0 spiro atoms. The molecule has 4 aromatic rings. The lowest BCUT2D eigenvalue weighted by Gasteiger charge is -2.15. The minimum atomic E-state index is -0.938. The molecule has 2 N–H and O–H groups in total. The quantitative estimate of drug-likeness (QED) is 0.178. The number of halogens is 1. The van der Waals surface area contributed by atoms with Crippen molar-refractivity contribution in [2.24, 2.45) is 5.73 Å². The first-order valence-corrected chi connectivity index (χ1v) is 14.8. The van der Waals surface area contributed by atoms with Gasteiger partial charge in [0.1, 0.15) is 0 Å². The molecule has 1 aliphatic heterocycles. The molecular formula is C33H37ClN4O4. The predicted molar refractivity (Wildman–Crippen MR) is 166 cm³/mol. The first kappa shape index (κ1) is 29.6. The first-order chi connectivity index (χ1) is 20.4. The SMILES string of the molecule is COc1cc(CCCN2CCCC2)cc(Cl)c1OC.NC(=O)C(=O)c1ccc(-c2ccc3c(cnn3C3CC3)c2)cc1. The van der Waals surface area contributed by atoms with Gasteiger partial charge in [-0.05, 0) is 99.1 Å². The van der Waals surface area contributed by atoms with E-state index in [9.17, 15) is 9.59 Å². The number of ketones is 1. The predicted octanol–water partition coefficient (Wildman–Crippen LogP) is 6.09. The standard InChI is InChI=1S/C18H15N3O2.C15H22ClNO2/c19-18(23)17(22)12-3-1-11(2-4-12)13-5-8-16-14(9-13)10-20-21(16)15-6-7-15;1-18-14-11-12(10-13(16)15(14)19-2)6-5-9-17-7-3-4-8-17/h1-5,8-10,15H,6-7H2,(H2,19,23);10-11H,3-9H2,1-2H3. The Morgan fingerprint density at radius 2 is 1.69 bits per heavy atom. The lowest BCUT2D eigenvalue weighted by Crippen LogP contribution is -2.22. The minimum absolute atomic E-state index is 0.309. The number of hydrogen-bond donors (Lipinski definition) is 1. The molecule has 220 valence electrons. The second kappa shape index (κ2) is 13.4.